The normalized spacial score (nSPS) is 21.8. The highest BCUT2D eigenvalue weighted by atomic mass is 16.5. The average Bonchev–Trinajstić information content (AvgIpc) is 2.63. The van der Waals surface area contributed by atoms with Gasteiger partial charge in [-0.2, -0.15) is 0 Å². The average molecular weight is 330 g/mol. The van der Waals surface area contributed by atoms with Crippen molar-refractivity contribution in [1.29, 1.82) is 0 Å². The molecule has 4 nitrogen and oxygen atoms in total. The number of carbonyl (C=O) groups excluding carboxylic acids is 1. The van der Waals surface area contributed by atoms with Gasteiger partial charge in [0.1, 0.15) is 5.75 Å². The van der Waals surface area contributed by atoms with Gasteiger partial charge in [0.25, 0.3) is 0 Å². The molecule has 2 saturated heterocycles. The molecule has 2 heterocycles. The number of ether oxygens (including phenoxy) is 1. The SMILES string of the molecule is COc1ccc(CC[C@H](C)N2CC3(CCNCC3)CCC2=O)cc1. The number of hydrogen-bond acceptors (Lipinski definition) is 3. The van der Waals surface area contributed by atoms with Crippen LogP contribution in [-0.4, -0.2) is 43.6 Å². The van der Waals surface area contributed by atoms with Gasteiger partial charge < -0.3 is 15.0 Å². The summed E-state index contributed by atoms with van der Waals surface area (Å²) in [6.07, 6.45) is 6.25. The molecule has 1 aromatic rings. The summed E-state index contributed by atoms with van der Waals surface area (Å²) in [6, 6.07) is 8.58. The lowest BCUT2D eigenvalue weighted by atomic mass is 9.72. The van der Waals surface area contributed by atoms with Crippen molar-refractivity contribution in [2.75, 3.05) is 26.7 Å². The van der Waals surface area contributed by atoms with E-state index in [1.165, 1.54) is 18.4 Å². The zero-order valence-corrected chi connectivity index (χ0v) is 15.0. The number of hydrogen-bond donors (Lipinski definition) is 1. The molecule has 0 saturated carbocycles. The predicted octanol–water partition coefficient (Wildman–Crippen LogP) is 3.01. The number of piperidine rings is 2. The van der Waals surface area contributed by atoms with E-state index in [2.05, 4.69) is 29.3 Å². The first kappa shape index (κ1) is 17.3. The maximum absolute atomic E-state index is 12.5. The minimum Gasteiger partial charge on any atom is -0.497 e. The van der Waals surface area contributed by atoms with Crippen molar-refractivity contribution in [3.8, 4) is 5.75 Å². The molecule has 1 spiro atoms. The maximum atomic E-state index is 12.5. The molecule has 132 valence electrons. The molecule has 1 aromatic carbocycles. The number of nitrogens with one attached hydrogen (secondary N) is 1. The van der Waals surface area contributed by atoms with E-state index in [0.717, 1.165) is 51.1 Å². The number of nitrogens with zero attached hydrogens (tertiary/aromatic N) is 1. The van der Waals surface area contributed by atoms with E-state index >= 15 is 0 Å². The fraction of sp³-hybridized carbons (Fsp3) is 0.650. The number of benzene rings is 1. The van der Waals surface area contributed by atoms with Gasteiger partial charge in [-0.05, 0) is 75.2 Å². The first-order chi connectivity index (χ1) is 11.6. The summed E-state index contributed by atoms with van der Waals surface area (Å²) in [5.74, 6) is 1.24. The fourth-order valence-electron chi connectivity index (χ4n) is 4.13. The number of amides is 1. The molecule has 0 aromatic heterocycles. The second-order valence-corrected chi connectivity index (χ2v) is 7.51. The summed E-state index contributed by atoms with van der Waals surface area (Å²) >= 11 is 0. The van der Waals surface area contributed by atoms with E-state index in [0.29, 0.717) is 17.4 Å². The van der Waals surface area contributed by atoms with Crippen molar-refractivity contribution in [3.63, 3.8) is 0 Å². The van der Waals surface area contributed by atoms with Crippen LogP contribution in [0.15, 0.2) is 24.3 Å². The third-order valence-electron chi connectivity index (χ3n) is 5.90. The lowest BCUT2D eigenvalue weighted by Gasteiger charge is -2.47. The molecule has 4 heteroatoms. The molecule has 3 rings (SSSR count). The van der Waals surface area contributed by atoms with Gasteiger partial charge in [-0.15, -0.1) is 0 Å². The van der Waals surface area contributed by atoms with E-state index in [9.17, 15) is 4.79 Å². The van der Waals surface area contributed by atoms with Gasteiger partial charge in [0, 0.05) is 19.0 Å². The molecule has 2 aliphatic rings. The first-order valence-corrected chi connectivity index (χ1v) is 9.25. The second-order valence-electron chi connectivity index (χ2n) is 7.51. The molecular formula is C20H30N2O2. The quantitative estimate of drug-likeness (QED) is 0.902. The third-order valence-corrected chi connectivity index (χ3v) is 5.90. The van der Waals surface area contributed by atoms with Gasteiger partial charge in [-0.3, -0.25) is 4.79 Å². The van der Waals surface area contributed by atoms with Crippen molar-refractivity contribution in [3.05, 3.63) is 29.8 Å². The Hall–Kier alpha value is -1.55. The Morgan fingerprint density at radius 3 is 2.58 bits per heavy atom. The molecule has 0 unspecified atom stereocenters. The molecule has 1 N–H and O–H groups in total. The summed E-state index contributed by atoms with van der Waals surface area (Å²) in [7, 11) is 1.69. The third kappa shape index (κ3) is 3.92. The van der Waals surface area contributed by atoms with Gasteiger partial charge in [0.2, 0.25) is 5.91 Å². The van der Waals surface area contributed by atoms with E-state index < -0.39 is 0 Å². The minimum atomic E-state index is 0.312. The lowest BCUT2D eigenvalue weighted by Crippen LogP contribution is -2.53. The summed E-state index contributed by atoms with van der Waals surface area (Å²) in [5, 5.41) is 3.45. The van der Waals surface area contributed by atoms with Crippen molar-refractivity contribution >= 4 is 5.91 Å². The van der Waals surface area contributed by atoms with Gasteiger partial charge in [0.05, 0.1) is 7.11 Å². The van der Waals surface area contributed by atoms with Gasteiger partial charge in [0.15, 0.2) is 0 Å². The summed E-state index contributed by atoms with van der Waals surface area (Å²) in [4.78, 5) is 14.6. The zero-order chi connectivity index (χ0) is 17.0. The summed E-state index contributed by atoms with van der Waals surface area (Å²) < 4.78 is 5.21. The highest BCUT2D eigenvalue weighted by Gasteiger charge is 2.40. The van der Waals surface area contributed by atoms with Crippen molar-refractivity contribution in [2.24, 2.45) is 5.41 Å². The topological polar surface area (TPSA) is 41.6 Å². The Bertz CT molecular complexity index is 549. The van der Waals surface area contributed by atoms with Gasteiger partial charge in [-0.25, -0.2) is 0 Å². The molecule has 2 fully saturated rings. The Morgan fingerprint density at radius 1 is 1.21 bits per heavy atom. The van der Waals surface area contributed by atoms with Crippen molar-refractivity contribution in [1.82, 2.24) is 10.2 Å². The lowest BCUT2D eigenvalue weighted by molar-refractivity contribution is -0.141. The molecule has 0 radical (unpaired) electrons. The Morgan fingerprint density at radius 2 is 1.92 bits per heavy atom. The molecule has 0 aliphatic carbocycles. The smallest absolute Gasteiger partial charge is 0.222 e. The van der Waals surface area contributed by atoms with Crippen LogP contribution < -0.4 is 10.1 Å². The van der Waals surface area contributed by atoms with Crippen LogP contribution in [0, 0.1) is 5.41 Å². The van der Waals surface area contributed by atoms with E-state index in [-0.39, 0.29) is 0 Å². The summed E-state index contributed by atoms with van der Waals surface area (Å²) in [5.41, 5.74) is 1.68. The standard InChI is InChI=1S/C20H30N2O2/c1-16(3-4-17-5-7-18(24-2)8-6-17)22-15-20(10-9-19(22)23)11-13-21-14-12-20/h5-8,16,21H,3-4,9-15H2,1-2H3/t16-/m0/s1. The van der Waals surface area contributed by atoms with Gasteiger partial charge in [-0.1, -0.05) is 12.1 Å². The molecule has 1 atom stereocenters. The molecule has 24 heavy (non-hydrogen) atoms. The number of methoxy groups -OCH3 is 1. The van der Waals surface area contributed by atoms with E-state index in [1.54, 1.807) is 7.11 Å². The van der Waals surface area contributed by atoms with Crippen LogP contribution in [0.3, 0.4) is 0 Å². The number of rotatable bonds is 5. The number of carbonyl (C=O) groups is 1. The fourth-order valence-corrected chi connectivity index (χ4v) is 4.13. The Balaban J connectivity index is 1.57. The van der Waals surface area contributed by atoms with E-state index in [4.69, 9.17) is 4.74 Å². The maximum Gasteiger partial charge on any atom is 0.222 e. The number of aryl methyl sites for hydroxylation is 1. The number of likely N-dealkylation sites (tertiary alicyclic amines) is 1. The van der Waals surface area contributed by atoms with Crippen LogP contribution >= 0.6 is 0 Å². The highest BCUT2D eigenvalue weighted by molar-refractivity contribution is 5.77. The molecular weight excluding hydrogens is 300 g/mol. The Kier molecular flexibility index (Phi) is 5.44. The molecule has 1 amide bonds. The first-order valence-electron chi connectivity index (χ1n) is 9.25. The monoisotopic (exact) mass is 330 g/mol. The predicted molar refractivity (Wildman–Crippen MR) is 96.3 cm³/mol. The van der Waals surface area contributed by atoms with Crippen molar-refractivity contribution < 1.29 is 9.53 Å². The van der Waals surface area contributed by atoms with Crippen LogP contribution in [0.4, 0.5) is 0 Å². The van der Waals surface area contributed by atoms with Crippen LogP contribution in [-0.2, 0) is 11.2 Å². The second kappa shape index (κ2) is 7.56. The van der Waals surface area contributed by atoms with Crippen LogP contribution in [0.1, 0.15) is 44.6 Å². The summed E-state index contributed by atoms with van der Waals surface area (Å²) in [6.45, 7) is 5.36. The largest absolute Gasteiger partial charge is 0.497 e. The van der Waals surface area contributed by atoms with Crippen molar-refractivity contribution in [2.45, 2.75) is 51.5 Å². The Labute approximate surface area is 145 Å². The zero-order valence-electron chi connectivity index (χ0n) is 15.0. The van der Waals surface area contributed by atoms with E-state index in [1.807, 2.05) is 12.1 Å². The van der Waals surface area contributed by atoms with Crippen LogP contribution in [0.5, 0.6) is 5.75 Å². The molecule has 2 aliphatic heterocycles. The minimum absolute atomic E-state index is 0.312. The highest BCUT2D eigenvalue weighted by Crippen LogP contribution is 2.39. The van der Waals surface area contributed by atoms with Crippen LogP contribution in [0.25, 0.3) is 0 Å². The van der Waals surface area contributed by atoms with Gasteiger partial charge >= 0.3 is 0 Å². The van der Waals surface area contributed by atoms with Crippen LogP contribution in [0.2, 0.25) is 0 Å². The molecule has 0 bridgehead atoms.